The van der Waals surface area contributed by atoms with Gasteiger partial charge in [0.15, 0.2) is 0 Å². The van der Waals surface area contributed by atoms with Gasteiger partial charge in [0.2, 0.25) is 0 Å². The molecule has 6 aliphatic rings. The SMILES string of the molecule is C[Si]1(C)c2ccc(-c3ccc4oc5c(-c6nc7c(ccc8ccccc87)nc6-c6ccccc6)cccc5c4c3)cc2-c2cc3c(cc21)C1(c2ccccc2-3)C2CC3CC(C2)CC1C3. The summed E-state index contributed by atoms with van der Waals surface area (Å²) in [6.45, 7) is 5.20. The Bertz CT molecular complexity index is 3650. The quantitative estimate of drug-likeness (QED) is 0.131. The van der Waals surface area contributed by atoms with Gasteiger partial charge in [-0.1, -0.05) is 134 Å². The standard InChI is InChI=1S/C60H46N2OSi/c1-64(2)54-24-21-39(31-48(54)49-32-46-43-15-8-9-18-50(43)60(51(46)33-55(49)64)40-26-34-25-35(28-40)29-41(60)27-34)38-20-23-53-47(30-38)44-16-10-17-45(59(44)63-53)58-56(37-12-4-3-5-13-37)61-52-22-19-36-11-6-7-14-42(36)57(52)62-58/h3-24,30-35,40-41H,25-29H2,1-2H3. The van der Waals surface area contributed by atoms with Crippen molar-refractivity contribution in [3.63, 3.8) is 0 Å². The van der Waals surface area contributed by atoms with Crippen molar-refractivity contribution in [2.45, 2.75) is 50.6 Å². The smallest absolute Gasteiger partial charge is 0.144 e. The average Bonchev–Trinajstić information content (AvgIpc) is 3.92. The van der Waals surface area contributed by atoms with E-state index in [1.54, 1.807) is 21.5 Å². The molecule has 0 unspecified atom stereocenters. The lowest BCUT2D eigenvalue weighted by molar-refractivity contribution is -0.0399. The topological polar surface area (TPSA) is 38.9 Å². The van der Waals surface area contributed by atoms with Crippen LogP contribution in [0.5, 0.6) is 0 Å². The minimum absolute atomic E-state index is 0.194. The van der Waals surface area contributed by atoms with Crippen LogP contribution in [0.1, 0.15) is 43.2 Å². The Morgan fingerprint density at radius 3 is 2.06 bits per heavy atom. The summed E-state index contributed by atoms with van der Waals surface area (Å²) in [7, 11) is -1.97. The lowest BCUT2D eigenvalue weighted by atomic mass is 9.43. The third kappa shape index (κ3) is 4.61. The molecule has 0 N–H and O–H groups in total. The fraction of sp³-hybridized carbons (Fsp3) is 0.200. The summed E-state index contributed by atoms with van der Waals surface area (Å²) in [5, 5.41) is 7.65. The lowest BCUT2D eigenvalue weighted by Gasteiger charge is -2.61. The van der Waals surface area contributed by atoms with E-state index in [2.05, 4.69) is 165 Å². The number of aromatic nitrogens is 2. The van der Waals surface area contributed by atoms with Gasteiger partial charge in [-0.05, 0) is 152 Å². The first kappa shape index (κ1) is 35.8. The highest BCUT2D eigenvalue weighted by atomic mass is 28.3. The summed E-state index contributed by atoms with van der Waals surface area (Å²) < 4.78 is 6.86. The van der Waals surface area contributed by atoms with Crippen LogP contribution in [-0.2, 0) is 5.41 Å². The molecular weight excluding hydrogens is 793 g/mol. The van der Waals surface area contributed by atoms with Crippen LogP contribution in [0.25, 0.3) is 99.6 Å². The highest BCUT2D eigenvalue weighted by Crippen LogP contribution is 2.69. The largest absolute Gasteiger partial charge is 0.455 e. The van der Waals surface area contributed by atoms with E-state index in [1.807, 2.05) is 6.07 Å². The molecule has 0 radical (unpaired) electrons. The van der Waals surface area contributed by atoms with Crippen molar-refractivity contribution in [2.75, 3.05) is 0 Å². The van der Waals surface area contributed by atoms with Crippen LogP contribution in [0, 0.1) is 23.7 Å². The van der Waals surface area contributed by atoms with Gasteiger partial charge in [-0.15, -0.1) is 0 Å². The van der Waals surface area contributed by atoms with Crippen LogP contribution >= 0.6 is 0 Å². The molecule has 4 fully saturated rings. The maximum Gasteiger partial charge on any atom is 0.144 e. The summed E-state index contributed by atoms with van der Waals surface area (Å²) in [4.78, 5) is 10.8. The number of nitrogens with zero attached hydrogens (tertiary/aromatic N) is 2. The van der Waals surface area contributed by atoms with Gasteiger partial charge in [-0.25, -0.2) is 9.97 Å². The van der Waals surface area contributed by atoms with Crippen molar-refractivity contribution in [3.8, 4) is 55.9 Å². The van der Waals surface area contributed by atoms with Gasteiger partial charge in [-0.3, -0.25) is 0 Å². The van der Waals surface area contributed by atoms with Crippen LogP contribution in [0.15, 0.2) is 162 Å². The van der Waals surface area contributed by atoms with Crippen LogP contribution in [0.2, 0.25) is 13.1 Å². The van der Waals surface area contributed by atoms with E-state index in [-0.39, 0.29) is 5.41 Å². The fourth-order valence-electron chi connectivity index (χ4n) is 14.5. The molecule has 1 aliphatic heterocycles. The minimum Gasteiger partial charge on any atom is -0.455 e. The third-order valence-electron chi connectivity index (χ3n) is 17.0. The molecule has 2 aromatic heterocycles. The zero-order valence-corrected chi connectivity index (χ0v) is 37.2. The first-order valence-electron chi connectivity index (χ1n) is 23.6. The molecule has 8 aromatic carbocycles. The molecular formula is C60H46N2OSi. The number of para-hydroxylation sites is 1. The number of fused-ring (bicyclic) bond motifs is 12. The Morgan fingerprint density at radius 2 is 1.20 bits per heavy atom. The van der Waals surface area contributed by atoms with Crippen molar-refractivity contribution >= 4 is 62.2 Å². The second kappa shape index (κ2) is 12.5. The van der Waals surface area contributed by atoms with Crippen LogP contribution in [0.4, 0.5) is 0 Å². The second-order valence-electron chi connectivity index (χ2n) is 20.5. The van der Waals surface area contributed by atoms with Gasteiger partial charge in [0.05, 0.1) is 16.7 Å². The molecule has 0 saturated heterocycles. The highest BCUT2D eigenvalue weighted by Gasteiger charge is 2.62. The third-order valence-corrected chi connectivity index (χ3v) is 20.6. The normalized spacial score (nSPS) is 23.0. The number of hydrogen-bond acceptors (Lipinski definition) is 3. The number of rotatable bonds is 3. The summed E-state index contributed by atoms with van der Waals surface area (Å²) in [5.74, 6) is 3.45. The van der Waals surface area contributed by atoms with Gasteiger partial charge in [0.1, 0.15) is 24.9 Å². The van der Waals surface area contributed by atoms with E-state index in [9.17, 15) is 0 Å². The number of furan rings is 1. The fourth-order valence-corrected chi connectivity index (χ4v) is 17.6. The van der Waals surface area contributed by atoms with Gasteiger partial charge in [0.25, 0.3) is 0 Å². The Hall–Kier alpha value is -6.62. The summed E-state index contributed by atoms with van der Waals surface area (Å²) in [6, 6.07) is 58.8. The summed E-state index contributed by atoms with van der Waals surface area (Å²) in [6.07, 6.45) is 7.16. The molecule has 0 atom stereocenters. The Kier molecular flexibility index (Phi) is 7.02. The first-order chi connectivity index (χ1) is 31.4. The van der Waals surface area contributed by atoms with Gasteiger partial charge >= 0.3 is 0 Å². The van der Waals surface area contributed by atoms with E-state index < -0.39 is 8.07 Å². The van der Waals surface area contributed by atoms with E-state index in [0.717, 1.165) is 89.9 Å². The number of benzene rings is 8. The van der Waals surface area contributed by atoms with Crippen molar-refractivity contribution < 1.29 is 4.42 Å². The number of hydrogen-bond donors (Lipinski definition) is 0. The van der Waals surface area contributed by atoms with E-state index in [0.29, 0.717) is 0 Å². The van der Waals surface area contributed by atoms with Gasteiger partial charge < -0.3 is 4.42 Å². The van der Waals surface area contributed by atoms with Crippen LogP contribution in [-0.4, -0.2) is 18.0 Å². The van der Waals surface area contributed by atoms with Crippen LogP contribution < -0.4 is 10.4 Å². The maximum atomic E-state index is 6.86. The predicted octanol–water partition coefficient (Wildman–Crippen LogP) is 14.2. The Balaban J connectivity index is 0.874. The molecule has 3 nitrogen and oxygen atoms in total. The van der Waals surface area contributed by atoms with E-state index in [4.69, 9.17) is 14.4 Å². The molecule has 10 aromatic rings. The summed E-state index contributed by atoms with van der Waals surface area (Å²) >= 11 is 0. The minimum atomic E-state index is -1.97. The first-order valence-corrected chi connectivity index (χ1v) is 26.6. The molecule has 4 bridgehead atoms. The molecule has 5 aliphatic carbocycles. The second-order valence-corrected chi connectivity index (χ2v) is 24.8. The van der Waals surface area contributed by atoms with Crippen molar-refractivity contribution in [3.05, 3.63) is 169 Å². The highest BCUT2D eigenvalue weighted by molar-refractivity contribution is 7.03. The van der Waals surface area contributed by atoms with Gasteiger partial charge in [-0.2, -0.15) is 0 Å². The van der Waals surface area contributed by atoms with E-state index >= 15 is 0 Å². The zero-order chi connectivity index (χ0) is 42.1. The monoisotopic (exact) mass is 838 g/mol. The molecule has 4 heteroatoms. The average molecular weight is 839 g/mol. The lowest BCUT2D eigenvalue weighted by Crippen LogP contribution is -2.56. The molecule has 0 amide bonds. The van der Waals surface area contributed by atoms with Gasteiger partial charge in [0, 0.05) is 32.7 Å². The van der Waals surface area contributed by atoms with Crippen LogP contribution in [0.3, 0.4) is 0 Å². The van der Waals surface area contributed by atoms with E-state index in [1.165, 1.54) is 65.5 Å². The molecule has 3 heterocycles. The molecule has 4 saturated carbocycles. The molecule has 64 heavy (non-hydrogen) atoms. The van der Waals surface area contributed by atoms with Crippen molar-refractivity contribution in [2.24, 2.45) is 23.7 Å². The molecule has 306 valence electrons. The zero-order valence-electron chi connectivity index (χ0n) is 36.2. The molecule has 16 rings (SSSR count). The van der Waals surface area contributed by atoms with Crippen molar-refractivity contribution in [1.29, 1.82) is 0 Å². The predicted molar refractivity (Wildman–Crippen MR) is 266 cm³/mol. The maximum absolute atomic E-state index is 6.86. The summed E-state index contributed by atoms with van der Waals surface area (Å²) in [5.41, 5.74) is 19.1. The van der Waals surface area contributed by atoms with Crippen molar-refractivity contribution in [1.82, 2.24) is 9.97 Å². The Labute approximate surface area is 373 Å². The Morgan fingerprint density at radius 1 is 0.484 bits per heavy atom. The molecule has 1 spiro atoms.